The fourth-order valence-corrected chi connectivity index (χ4v) is 3.65. The van der Waals surface area contributed by atoms with Crippen LogP contribution in [-0.4, -0.2) is 30.6 Å². The summed E-state index contributed by atoms with van der Waals surface area (Å²) < 4.78 is 0. The van der Waals surface area contributed by atoms with Gasteiger partial charge in [-0.2, -0.15) is 0 Å². The molecule has 0 unspecified atom stereocenters. The number of aliphatic imine (C=N–C) groups is 1. The number of aromatic nitrogens is 1. The number of rotatable bonds is 8. The Morgan fingerprint density at radius 2 is 2.13 bits per heavy atom. The molecule has 0 saturated heterocycles. The molecule has 2 rings (SSSR count). The summed E-state index contributed by atoms with van der Waals surface area (Å²) in [4.78, 5) is 10.7. The normalized spacial score (nSPS) is 11.9. The van der Waals surface area contributed by atoms with Gasteiger partial charge in [-0.05, 0) is 18.4 Å². The molecule has 0 bridgehead atoms. The summed E-state index contributed by atoms with van der Waals surface area (Å²) >= 11 is 3.55. The van der Waals surface area contributed by atoms with Crippen LogP contribution in [0.25, 0.3) is 0 Å². The quantitative estimate of drug-likeness (QED) is 0.564. The summed E-state index contributed by atoms with van der Waals surface area (Å²) in [5, 5.41) is 12.2. The van der Waals surface area contributed by atoms with E-state index in [1.807, 2.05) is 0 Å². The average molecular weight is 351 g/mol. The standard InChI is InChI=1S/C17H26N4S2/c1-4-18-17(20-10-8-15-6-5-11-22-15)19-9-7-14-12-23-16(21-14)13(2)3/h5-6,11-13H,4,7-10H2,1-3H3,(H2,18,19,20). The molecule has 4 nitrogen and oxygen atoms in total. The second kappa shape index (κ2) is 9.67. The fourth-order valence-electron chi connectivity index (χ4n) is 2.09. The zero-order valence-corrected chi connectivity index (χ0v) is 15.8. The van der Waals surface area contributed by atoms with E-state index in [-0.39, 0.29) is 0 Å². The van der Waals surface area contributed by atoms with Crippen molar-refractivity contribution in [2.75, 3.05) is 19.6 Å². The zero-order chi connectivity index (χ0) is 16.5. The second-order valence-corrected chi connectivity index (χ2v) is 7.52. The van der Waals surface area contributed by atoms with Crippen LogP contribution in [0.5, 0.6) is 0 Å². The Morgan fingerprint density at radius 1 is 1.26 bits per heavy atom. The zero-order valence-electron chi connectivity index (χ0n) is 14.1. The van der Waals surface area contributed by atoms with E-state index >= 15 is 0 Å². The Kier molecular flexibility index (Phi) is 7.55. The number of nitrogens with zero attached hydrogens (tertiary/aromatic N) is 2. The molecule has 0 spiro atoms. The van der Waals surface area contributed by atoms with E-state index < -0.39 is 0 Å². The van der Waals surface area contributed by atoms with E-state index in [0.29, 0.717) is 5.92 Å². The van der Waals surface area contributed by atoms with Gasteiger partial charge in [-0.1, -0.05) is 19.9 Å². The highest BCUT2D eigenvalue weighted by Crippen LogP contribution is 2.19. The Balaban J connectivity index is 1.76. The van der Waals surface area contributed by atoms with Crippen molar-refractivity contribution in [1.82, 2.24) is 15.6 Å². The van der Waals surface area contributed by atoms with Gasteiger partial charge in [0.05, 0.1) is 10.7 Å². The van der Waals surface area contributed by atoms with Crippen LogP contribution >= 0.6 is 22.7 Å². The molecular formula is C17H26N4S2. The predicted octanol–water partition coefficient (Wildman–Crippen LogP) is 3.67. The topological polar surface area (TPSA) is 49.3 Å². The van der Waals surface area contributed by atoms with E-state index in [9.17, 15) is 0 Å². The number of hydrogen-bond donors (Lipinski definition) is 2. The minimum Gasteiger partial charge on any atom is -0.357 e. The number of guanidine groups is 1. The maximum atomic E-state index is 4.67. The molecule has 6 heteroatoms. The van der Waals surface area contributed by atoms with Crippen LogP contribution in [0.2, 0.25) is 0 Å². The van der Waals surface area contributed by atoms with Crippen molar-refractivity contribution in [3.05, 3.63) is 38.5 Å². The van der Waals surface area contributed by atoms with Crippen LogP contribution in [0.15, 0.2) is 27.9 Å². The third kappa shape index (κ3) is 6.31. The lowest BCUT2D eigenvalue weighted by atomic mass is 10.2. The number of thiazole rings is 1. The highest BCUT2D eigenvalue weighted by Gasteiger charge is 2.06. The van der Waals surface area contributed by atoms with Crippen molar-refractivity contribution in [3.8, 4) is 0 Å². The SMILES string of the molecule is CCNC(=NCCc1cccs1)NCCc1csc(C(C)C)n1. The van der Waals surface area contributed by atoms with Crippen molar-refractivity contribution >= 4 is 28.6 Å². The number of nitrogens with one attached hydrogen (secondary N) is 2. The van der Waals surface area contributed by atoms with E-state index in [1.165, 1.54) is 15.6 Å². The first-order chi connectivity index (χ1) is 11.2. The molecule has 0 fully saturated rings. The van der Waals surface area contributed by atoms with Crippen molar-refractivity contribution < 1.29 is 0 Å². The summed E-state index contributed by atoms with van der Waals surface area (Å²) in [7, 11) is 0. The largest absolute Gasteiger partial charge is 0.357 e. The summed E-state index contributed by atoms with van der Waals surface area (Å²) in [6, 6.07) is 4.25. The summed E-state index contributed by atoms with van der Waals surface area (Å²) in [6.45, 7) is 9.00. The van der Waals surface area contributed by atoms with Crippen molar-refractivity contribution in [2.24, 2.45) is 4.99 Å². The van der Waals surface area contributed by atoms with Crippen LogP contribution in [0.1, 0.15) is 42.3 Å². The summed E-state index contributed by atoms with van der Waals surface area (Å²) in [5.41, 5.74) is 1.17. The minimum absolute atomic E-state index is 0.512. The van der Waals surface area contributed by atoms with Gasteiger partial charge in [-0.25, -0.2) is 4.98 Å². The maximum absolute atomic E-state index is 4.67. The van der Waals surface area contributed by atoms with E-state index in [4.69, 9.17) is 0 Å². The van der Waals surface area contributed by atoms with Gasteiger partial charge in [0.2, 0.25) is 0 Å². The van der Waals surface area contributed by atoms with Gasteiger partial charge in [0.25, 0.3) is 0 Å². The number of hydrogen-bond acceptors (Lipinski definition) is 4. The fraction of sp³-hybridized carbons (Fsp3) is 0.529. The molecule has 0 radical (unpaired) electrons. The van der Waals surface area contributed by atoms with Crippen LogP contribution < -0.4 is 10.6 Å². The third-order valence-corrected chi connectivity index (χ3v) is 5.42. The molecule has 23 heavy (non-hydrogen) atoms. The van der Waals surface area contributed by atoms with Crippen molar-refractivity contribution in [3.63, 3.8) is 0 Å². The summed E-state index contributed by atoms with van der Waals surface area (Å²) in [5.74, 6) is 1.40. The number of thiophene rings is 1. The summed E-state index contributed by atoms with van der Waals surface area (Å²) in [6.07, 6.45) is 1.93. The Hall–Kier alpha value is -1.40. The molecule has 2 heterocycles. The first-order valence-electron chi connectivity index (χ1n) is 8.18. The minimum atomic E-state index is 0.512. The van der Waals surface area contributed by atoms with Crippen molar-refractivity contribution in [1.29, 1.82) is 0 Å². The van der Waals surface area contributed by atoms with Gasteiger partial charge in [-0.3, -0.25) is 4.99 Å². The van der Waals surface area contributed by atoms with Gasteiger partial charge in [0.15, 0.2) is 5.96 Å². The van der Waals surface area contributed by atoms with Gasteiger partial charge >= 0.3 is 0 Å². The molecular weight excluding hydrogens is 324 g/mol. The Bertz CT molecular complexity index is 588. The van der Waals surface area contributed by atoms with Crippen LogP contribution in [-0.2, 0) is 12.8 Å². The van der Waals surface area contributed by atoms with Gasteiger partial charge < -0.3 is 10.6 Å². The van der Waals surface area contributed by atoms with E-state index in [2.05, 4.69) is 64.3 Å². The monoisotopic (exact) mass is 350 g/mol. The lowest BCUT2D eigenvalue weighted by molar-refractivity contribution is 0.779. The lowest BCUT2D eigenvalue weighted by Crippen LogP contribution is -2.38. The molecule has 0 amide bonds. The van der Waals surface area contributed by atoms with Crippen LogP contribution in [0, 0.1) is 0 Å². The highest BCUT2D eigenvalue weighted by atomic mass is 32.1. The molecule has 0 atom stereocenters. The Labute approximate surface area is 147 Å². The van der Waals surface area contributed by atoms with E-state index in [1.54, 1.807) is 22.7 Å². The first-order valence-corrected chi connectivity index (χ1v) is 9.93. The molecule has 0 aromatic carbocycles. The molecule has 0 saturated carbocycles. The molecule has 2 aromatic heterocycles. The highest BCUT2D eigenvalue weighted by molar-refractivity contribution is 7.10. The van der Waals surface area contributed by atoms with Gasteiger partial charge in [-0.15, -0.1) is 22.7 Å². The Morgan fingerprint density at radius 3 is 2.78 bits per heavy atom. The smallest absolute Gasteiger partial charge is 0.191 e. The molecule has 126 valence electrons. The average Bonchev–Trinajstić information content (AvgIpc) is 3.18. The molecule has 0 aliphatic rings. The third-order valence-electron chi connectivity index (χ3n) is 3.29. The second-order valence-electron chi connectivity index (χ2n) is 5.60. The van der Waals surface area contributed by atoms with Crippen LogP contribution in [0.4, 0.5) is 0 Å². The molecule has 0 aliphatic heterocycles. The van der Waals surface area contributed by atoms with Gasteiger partial charge in [0.1, 0.15) is 0 Å². The molecule has 0 aliphatic carbocycles. The molecule has 2 N–H and O–H groups in total. The maximum Gasteiger partial charge on any atom is 0.191 e. The van der Waals surface area contributed by atoms with E-state index in [0.717, 1.165) is 38.4 Å². The lowest BCUT2D eigenvalue weighted by Gasteiger charge is -2.10. The first kappa shape index (κ1) is 17.9. The predicted molar refractivity (Wildman–Crippen MR) is 102 cm³/mol. The van der Waals surface area contributed by atoms with Crippen LogP contribution in [0.3, 0.4) is 0 Å². The van der Waals surface area contributed by atoms with Crippen molar-refractivity contribution in [2.45, 2.75) is 39.5 Å². The molecule has 2 aromatic rings. The van der Waals surface area contributed by atoms with Gasteiger partial charge in [0, 0.05) is 48.7 Å².